The van der Waals surface area contributed by atoms with Gasteiger partial charge in [0.1, 0.15) is 0 Å². The first-order valence-corrected chi connectivity index (χ1v) is 9.24. The Kier molecular flexibility index (Phi) is 6.77. The van der Waals surface area contributed by atoms with Crippen molar-refractivity contribution in [3.05, 3.63) is 0 Å². The molecule has 0 aliphatic carbocycles. The predicted molar refractivity (Wildman–Crippen MR) is 80.8 cm³/mol. The molecule has 0 radical (unpaired) electrons. The molecule has 1 saturated heterocycles. The minimum absolute atomic E-state index is 0.184. The van der Waals surface area contributed by atoms with Crippen molar-refractivity contribution in [2.75, 3.05) is 12.3 Å². The third kappa shape index (κ3) is 5.04. The van der Waals surface area contributed by atoms with Gasteiger partial charge < -0.3 is 5.32 Å². The number of hydrogen-bond acceptors (Lipinski definition) is 3. The quantitative estimate of drug-likeness (QED) is 0.698. The van der Waals surface area contributed by atoms with Crippen LogP contribution < -0.4 is 5.32 Å². The van der Waals surface area contributed by atoms with Crippen LogP contribution in [0.2, 0.25) is 0 Å². The Morgan fingerprint density at radius 2 is 1.95 bits per heavy atom. The molecule has 0 aromatic heterocycles. The summed E-state index contributed by atoms with van der Waals surface area (Å²) in [5.41, 5.74) is 0. The average molecular weight is 290 g/mol. The van der Waals surface area contributed by atoms with E-state index in [1.54, 1.807) is 4.31 Å². The summed E-state index contributed by atoms with van der Waals surface area (Å²) < 4.78 is 26.6. The van der Waals surface area contributed by atoms with E-state index in [0.29, 0.717) is 11.8 Å². The van der Waals surface area contributed by atoms with E-state index < -0.39 is 10.0 Å². The second kappa shape index (κ2) is 7.60. The number of rotatable bonds is 8. The van der Waals surface area contributed by atoms with Crippen LogP contribution in [0.1, 0.15) is 59.8 Å². The van der Waals surface area contributed by atoms with Gasteiger partial charge in [0.2, 0.25) is 10.0 Å². The predicted octanol–water partition coefficient (Wildman–Crippen LogP) is 2.36. The van der Waals surface area contributed by atoms with E-state index >= 15 is 0 Å². The molecule has 0 spiro atoms. The van der Waals surface area contributed by atoms with E-state index in [4.69, 9.17) is 0 Å². The molecule has 19 heavy (non-hydrogen) atoms. The molecule has 5 heteroatoms. The first-order valence-electron chi connectivity index (χ1n) is 7.63. The molecule has 0 bridgehead atoms. The topological polar surface area (TPSA) is 49.4 Å². The second-order valence-electron chi connectivity index (χ2n) is 5.95. The Morgan fingerprint density at radius 3 is 2.53 bits per heavy atom. The van der Waals surface area contributed by atoms with Crippen LogP contribution in [0.4, 0.5) is 0 Å². The summed E-state index contributed by atoms with van der Waals surface area (Å²) in [7, 11) is -3.07. The van der Waals surface area contributed by atoms with Gasteiger partial charge in [-0.2, -0.15) is 4.31 Å². The highest BCUT2D eigenvalue weighted by Crippen LogP contribution is 2.29. The summed E-state index contributed by atoms with van der Waals surface area (Å²) in [5, 5.41) is 3.32. The van der Waals surface area contributed by atoms with Gasteiger partial charge in [0, 0.05) is 18.1 Å². The van der Waals surface area contributed by atoms with Crippen molar-refractivity contribution < 1.29 is 8.42 Å². The van der Waals surface area contributed by atoms with E-state index in [0.717, 1.165) is 38.6 Å². The van der Waals surface area contributed by atoms with Crippen molar-refractivity contribution in [1.29, 1.82) is 0 Å². The van der Waals surface area contributed by atoms with Gasteiger partial charge in [-0.3, -0.25) is 0 Å². The molecular weight excluding hydrogens is 260 g/mol. The average Bonchev–Trinajstić information content (AvgIpc) is 2.70. The van der Waals surface area contributed by atoms with Gasteiger partial charge >= 0.3 is 0 Å². The molecule has 0 amide bonds. The van der Waals surface area contributed by atoms with Crippen molar-refractivity contribution in [3.63, 3.8) is 0 Å². The maximum absolute atomic E-state index is 12.4. The van der Waals surface area contributed by atoms with Gasteiger partial charge in [-0.1, -0.05) is 20.8 Å². The number of unbranched alkanes of at least 4 members (excludes halogenated alkanes) is 1. The van der Waals surface area contributed by atoms with Crippen molar-refractivity contribution >= 4 is 10.0 Å². The molecule has 0 saturated carbocycles. The zero-order valence-corrected chi connectivity index (χ0v) is 13.7. The fraction of sp³-hybridized carbons (Fsp3) is 1.00. The number of nitrogens with one attached hydrogen (secondary N) is 1. The Balaban J connectivity index is 2.42. The summed E-state index contributed by atoms with van der Waals surface area (Å²) in [4.78, 5) is 0. The van der Waals surface area contributed by atoms with Crippen LogP contribution in [0.5, 0.6) is 0 Å². The lowest BCUT2D eigenvalue weighted by molar-refractivity contribution is 0.328. The fourth-order valence-corrected chi connectivity index (χ4v) is 4.98. The van der Waals surface area contributed by atoms with Gasteiger partial charge in [-0.05, 0) is 45.6 Å². The monoisotopic (exact) mass is 290 g/mol. The smallest absolute Gasteiger partial charge is 0.214 e. The first kappa shape index (κ1) is 16.9. The van der Waals surface area contributed by atoms with Crippen molar-refractivity contribution in [2.24, 2.45) is 0 Å². The Hall–Kier alpha value is -0.130. The molecule has 114 valence electrons. The van der Waals surface area contributed by atoms with Gasteiger partial charge in [0.05, 0.1) is 5.75 Å². The maximum atomic E-state index is 12.4. The van der Waals surface area contributed by atoms with Crippen LogP contribution in [0.15, 0.2) is 0 Å². The highest BCUT2D eigenvalue weighted by molar-refractivity contribution is 7.89. The summed E-state index contributed by atoms with van der Waals surface area (Å²) in [6.45, 7) is 9.23. The largest absolute Gasteiger partial charge is 0.315 e. The Labute approximate surface area is 119 Å². The van der Waals surface area contributed by atoms with Crippen LogP contribution in [-0.2, 0) is 10.0 Å². The van der Waals surface area contributed by atoms with Gasteiger partial charge in [-0.15, -0.1) is 0 Å². The molecule has 0 aromatic rings. The SMILES string of the molecule is CCC1CCC(C)N1S(=O)(=O)CCCCNC(C)C. The highest BCUT2D eigenvalue weighted by Gasteiger charge is 2.37. The summed E-state index contributed by atoms with van der Waals surface area (Å²) >= 11 is 0. The molecule has 4 nitrogen and oxygen atoms in total. The summed E-state index contributed by atoms with van der Waals surface area (Å²) in [5.74, 6) is 0.299. The van der Waals surface area contributed by atoms with Crippen LogP contribution in [0.3, 0.4) is 0 Å². The van der Waals surface area contributed by atoms with Gasteiger partial charge in [0.25, 0.3) is 0 Å². The number of hydrogen-bond donors (Lipinski definition) is 1. The summed E-state index contributed by atoms with van der Waals surface area (Å²) in [6, 6.07) is 0.886. The van der Waals surface area contributed by atoms with E-state index in [1.807, 2.05) is 6.92 Å². The normalized spacial score (nSPS) is 25.3. The molecule has 1 fully saturated rings. The molecule has 2 unspecified atom stereocenters. The standard InChI is InChI=1S/C14H30N2O2S/c1-5-14-9-8-13(4)16(14)19(17,18)11-7-6-10-15-12(2)3/h12-15H,5-11H2,1-4H3. The Bertz CT molecular complexity index is 354. The third-order valence-corrected chi connectivity index (χ3v) is 5.99. The first-order chi connectivity index (χ1) is 8.88. The molecule has 2 atom stereocenters. The van der Waals surface area contributed by atoms with Crippen molar-refractivity contribution in [3.8, 4) is 0 Å². The van der Waals surface area contributed by atoms with E-state index in [2.05, 4.69) is 26.1 Å². The van der Waals surface area contributed by atoms with Crippen LogP contribution in [0, 0.1) is 0 Å². The minimum atomic E-state index is -3.07. The van der Waals surface area contributed by atoms with Crippen LogP contribution in [-0.4, -0.2) is 43.1 Å². The number of sulfonamides is 1. The molecule has 1 rings (SSSR count). The van der Waals surface area contributed by atoms with E-state index in [9.17, 15) is 8.42 Å². The molecule has 1 heterocycles. The molecular formula is C14H30N2O2S. The highest BCUT2D eigenvalue weighted by atomic mass is 32.2. The van der Waals surface area contributed by atoms with Crippen LogP contribution >= 0.6 is 0 Å². The molecule has 1 aliphatic heterocycles. The Morgan fingerprint density at radius 1 is 1.26 bits per heavy atom. The van der Waals surface area contributed by atoms with E-state index in [-0.39, 0.29) is 12.1 Å². The lowest BCUT2D eigenvalue weighted by Crippen LogP contribution is -2.41. The van der Waals surface area contributed by atoms with Gasteiger partial charge in [0.15, 0.2) is 0 Å². The van der Waals surface area contributed by atoms with E-state index in [1.165, 1.54) is 0 Å². The zero-order chi connectivity index (χ0) is 14.5. The lowest BCUT2D eigenvalue weighted by atomic mass is 10.2. The molecule has 0 aromatic carbocycles. The van der Waals surface area contributed by atoms with Crippen LogP contribution in [0.25, 0.3) is 0 Å². The van der Waals surface area contributed by atoms with Gasteiger partial charge in [-0.25, -0.2) is 8.42 Å². The zero-order valence-electron chi connectivity index (χ0n) is 12.9. The van der Waals surface area contributed by atoms with Crippen molar-refractivity contribution in [2.45, 2.75) is 77.9 Å². The minimum Gasteiger partial charge on any atom is -0.315 e. The second-order valence-corrected chi connectivity index (χ2v) is 7.94. The lowest BCUT2D eigenvalue weighted by Gasteiger charge is -2.27. The maximum Gasteiger partial charge on any atom is 0.214 e. The number of nitrogens with zero attached hydrogens (tertiary/aromatic N) is 1. The summed E-state index contributed by atoms with van der Waals surface area (Å²) in [6.07, 6.45) is 4.63. The third-order valence-electron chi connectivity index (χ3n) is 3.89. The molecule has 1 aliphatic rings. The van der Waals surface area contributed by atoms with Crippen molar-refractivity contribution in [1.82, 2.24) is 9.62 Å². The fourth-order valence-electron chi connectivity index (χ4n) is 2.84. The molecule has 1 N–H and O–H groups in total.